The number of amides is 1. The van der Waals surface area contributed by atoms with Crippen LogP contribution in [0.2, 0.25) is 4.34 Å². The first-order chi connectivity index (χ1) is 9.51. The van der Waals surface area contributed by atoms with Gasteiger partial charge in [0.2, 0.25) is 0 Å². The molecule has 0 aliphatic carbocycles. The number of nitrogens with two attached hydrogens (primary N) is 1. The van der Waals surface area contributed by atoms with Gasteiger partial charge in [-0.05, 0) is 26.0 Å². The fourth-order valence-corrected chi connectivity index (χ4v) is 3.53. The summed E-state index contributed by atoms with van der Waals surface area (Å²) in [4.78, 5) is 17.7. The van der Waals surface area contributed by atoms with Crippen LogP contribution in [-0.4, -0.2) is 17.4 Å². The van der Waals surface area contributed by atoms with Crippen molar-refractivity contribution in [3.63, 3.8) is 0 Å². The van der Waals surface area contributed by atoms with E-state index in [0.717, 1.165) is 11.4 Å². The summed E-state index contributed by atoms with van der Waals surface area (Å²) in [7, 11) is 0. The first-order valence-corrected chi connectivity index (χ1v) is 8.08. The Hall–Kier alpha value is -1.31. The van der Waals surface area contributed by atoms with Crippen molar-refractivity contribution < 1.29 is 4.79 Å². The van der Waals surface area contributed by atoms with Gasteiger partial charge in [0.15, 0.2) is 5.13 Å². The molecule has 8 heteroatoms. The van der Waals surface area contributed by atoms with Crippen molar-refractivity contribution in [3.8, 4) is 0 Å². The molecule has 5 nitrogen and oxygen atoms in total. The lowest BCUT2D eigenvalue weighted by atomic mass is 10.2. The highest BCUT2D eigenvalue weighted by molar-refractivity contribution is 7.18. The summed E-state index contributed by atoms with van der Waals surface area (Å²) in [5.74, 6) is 0.0287. The van der Waals surface area contributed by atoms with Gasteiger partial charge in [0.05, 0.1) is 10.4 Å². The molecule has 0 saturated carbocycles. The number of rotatable bonds is 5. The number of thiazole rings is 1. The van der Waals surface area contributed by atoms with Gasteiger partial charge in [0, 0.05) is 11.4 Å². The minimum atomic E-state index is -0.221. The zero-order valence-corrected chi connectivity index (χ0v) is 13.5. The van der Waals surface area contributed by atoms with Crippen molar-refractivity contribution in [2.24, 2.45) is 0 Å². The molecule has 0 radical (unpaired) electrons. The predicted octanol–water partition coefficient (Wildman–Crippen LogP) is 3.36. The normalized spacial score (nSPS) is 12.2. The molecule has 0 saturated heterocycles. The number of nitrogen functional groups attached to an aromatic ring is 1. The highest BCUT2D eigenvalue weighted by Gasteiger charge is 2.19. The minimum absolute atomic E-state index is 0.121. The van der Waals surface area contributed by atoms with Crippen LogP contribution in [0.25, 0.3) is 0 Å². The molecule has 2 heterocycles. The maximum absolute atomic E-state index is 12.2. The number of thiophene rings is 1. The van der Waals surface area contributed by atoms with Crippen LogP contribution in [0.4, 0.5) is 10.9 Å². The second-order valence-electron chi connectivity index (χ2n) is 4.10. The molecule has 0 aromatic carbocycles. The van der Waals surface area contributed by atoms with E-state index >= 15 is 0 Å². The van der Waals surface area contributed by atoms with Gasteiger partial charge in [0.25, 0.3) is 5.91 Å². The number of anilines is 2. The van der Waals surface area contributed by atoms with Crippen LogP contribution in [-0.2, 0) is 0 Å². The van der Waals surface area contributed by atoms with Gasteiger partial charge < -0.3 is 16.4 Å². The fourth-order valence-electron chi connectivity index (χ4n) is 1.62. The van der Waals surface area contributed by atoms with Crippen LogP contribution in [0.5, 0.6) is 0 Å². The molecule has 2 aromatic heterocycles. The van der Waals surface area contributed by atoms with Crippen LogP contribution < -0.4 is 16.4 Å². The van der Waals surface area contributed by atoms with Gasteiger partial charge in [-0.1, -0.05) is 22.9 Å². The molecular weight excluding hydrogens is 316 g/mol. The molecular formula is C12H15ClN4OS2. The zero-order chi connectivity index (χ0) is 14.7. The molecule has 2 rings (SSSR count). The first kappa shape index (κ1) is 15.1. The molecule has 1 unspecified atom stereocenters. The number of carbonyl (C=O) groups is 1. The average Bonchev–Trinajstić information content (AvgIpc) is 2.96. The summed E-state index contributed by atoms with van der Waals surface area (Å²) in [6.07, 6.45) is 0. The largest absolute Gasteiger partial charge is 0.382 e. The van der Waals surface area contributed by atoms with Crippen LogP contribution in [0.1, 0.15) is 34.4 Å². The Morgan fingerprint density at radius 3 is 2.85 bits per heavy atom. The molecule has 0 spiro atoms. The van der Waals surface area contributed by atoms with Crippen molar-refractivity contribution in [1.82, 2.24) is 10.3 Å². The quantitative estimate of drug-likeness (QED) is 0.785. The van der Waals surface area contributed by atoms with Crippen LogP contribution in [0.3, 0.4) is 0 Å². The van der Waals surface area contributed by atoms with E-state index in [4.69, 9.17) is 17.3 Å². The Labute approximate surface area is 130 Å². The van der Waals surface area contributed by atoms with E-state index in [2.05, 4.69) is 15.6 Å². The summed E-state index contributed by atoms with van der Waals surface area (Å²) in [5.41, 5.74) is 5.77. The number of carbonyl (C=O) groups excluding carboxylic acids is 1. The summed E-state index contributed by atoms with van der Waals surface area (Å²) in [5, 5.41) is 6.60. The standard InChI is InChI=1S/C12H15ClN4OS2/c1-3-15-12-17-10(14)9(20-12)11(18)16-6(2)7-4-5-8(13)19-7/h4-6H,3,14H2,1-2H3,(H,15,17)(H,16,18). The Morgan fingerprint density at radius 1 is 1.50 bits per heavy atom. The SMILES string of the molecule is CCNc1nc(N)c(C(=O)NC(C)c2ccc(Cl)s2)s1. The Balaban J connectivity index is 2.08. The third-order valence-electron chi connectivity index (χ3n) is 2.56. The summed E-state index contributed by atoms with van der Waals surface area (Å²) < 4.78 is 0.702. The van der Waals surface area contributed by atoms with E-state index in [-0.39, 0.29) is 17.8 Å². The Bertz CT molecular complexity index is 610. The third-order valence-corrected chi connectivity index (χ3v) is 5.00. The second-order valence-corrected chi connectivity index (χ2v) is 6.85. The minimum Gasteiger partial charge on any atom is -0.382 e. The molecule has 0 fully saturated rings. The van der Waals surface area contributed by atoms with Crippen LogP contribution >= 0.6 is 34.3 Å². The van der Waals surface area contributed by atoms with E-state index in [1.807, 2.05) is 26.0 Å². The van der Waals surface area contributed by atoms with Crippen molar-refractivity contribution in [2.75, 3.05) is 17.6 Å². The molecule has 20 heavy (non-hydrogen) atoms. The highest BCUT2D eigenvalue weighted by Crippen LogP contribution is 2.28. The second kappa shape index (κ2) is 6.43. The van der Waals surface area contributed by atoms with Gasteiger partial charge in [-0.2, -0.15) is 0 Å². The number of hydrogen-bond acceptors (Lipinski definition) is 6. The molecule has 0 bridgehead atoms. The monoisotopic (exact) mass is 330 g/mol. The Morgan fingerprint density at radius 2 is 2.25 bits per heavy atom. The topological polar surface area (TPSA) is 80.0 Å². The molecule has 0 aliphatic rings. The number of aromatic nitrogens is 1. The molecule has 2 aromatic rings. The van der Waals surface area contributed by atoms with E-state index in [9.17, 15) is 4.79 Å². The van der Waals surface area contributed by atoms with E-state index in [1.165, 1.54) is 22.7 Å². The highest BCUT2D eigenvalue weighted by atomic mass is 35.5. The number of halogens is 1. The molecule has 0 aliphatic heterocycles. The van der Waals surface area contributed by atoms with Crippen molar-refractivity contribution in [1.29, 1.82) is 0 Å². The van der Waals surface area contributed by atoms with Crippen molar-refractivity contribution >= 4 is 51.1 Å². The van der Waals surface area contributed by atoms with Crippen LogP contribution in [0, 0.1) is 0 Å². The van der Waals surface area contributed by atoms with Gasteiger partial charge in [-0.25, -0.2) is 4.98 Å². The average molecular weight is 331 g/mol. The summed E-state index contributed by atoms with van der Waals surface area (Å²) in [6.45, 7) is 4.60. The zero-order valence-electron chi connectivity index (χ0n) is 11.1. The maximum Gasteiger partial charge on any atom is 0.265 e. The lowest BCUT2D eigenvalue weighted by Crippen LogP contribution is -2.26. The first-order valence-electron chi connectivity index (χ1n) is 6.07. The van der Waals surface area contributed by atoms with Gasteiger partial charge in [0.1, 0.15) is 10.7 Å². The lowest BCUT2D eigenvalue weighted by Gasteiger charge is -2.11. The lowest BCUT2D eigenvalue weighted by molar-refractivity contribution is 0.0945. The number of nitrogens with zero attached hydrogens (tertiary/aromatic N) is 1. The third kappa shape index (κ3) is 3.41. The van der Waals surface area contributed by atoms with Crippen molar-refractivity contribution in [2.45, 2.75) is 19.9 Å². The fraction of sp³-hybridized carbons (Fsp3) is 0.333. The van der Waals surface area contributed by atoms with E-state index < -0.39 is 0 Å². The van der Waals surface area contributed by atoms with Gasteiger partial charge in [-0.3, -0.25) is 4.79 Å². The predicted molar refractivity (Wildman–Crippen MR) is 85.9 cm³/mol. The van der Waals surface area contributed by atoms with E-state index in [0.29, 0.717) is 14.3 Å². The van der Waals surface area contributed by atoms with E-state index in [1.54, 1.807) is 0 Å². The summed E-state index contributed by atoms with van der Waals surface area (Å²) in [6, 6.07) is 3.59. The van der Waals surface area contributed by atoms with Crippen molar-refractivity contribution in [3.05, 3.63) is 26.2 Å². The molecule has 108 valence electrons. The number of nitrogens with one attached hydrogen (secondary N) is 2. The molecule has 1 amide bonds. The number of hydrogen-bond donors (Lipinski definition) is 3. The smallest absolute Gasteiger partial charge is 0.265 e. The van der Waals surface area contributed by atoms with Gasteiger partial charge in [-0.15, -0.1) is 11.3 Å². The summed E-state index contributed by atoms with van der Waals surface area (Å²) >= 11 is 8.59. The Kier molecular flexibility index (Phi) is 4.85. The molecule has 1 atom stereocenters. The maximum atomic E-state index is 12.2. The van der Waals surface area contributed by atoms with Gasteiger partial charge >= 0.3 is 0 Å². The van der Waals surface area contributed by atoms with Crippen LogP contribution in [0.15, 0.2) is 12.1 Å². The molecule has 4 N–H and O–H groups in total.